The van der Waals surface area contributed by atoms with Crippen molar-refractivity contribution in [1.29, 1.82) is 0 Å². The molecule has 2 unspecified atom stereocenters. The van der Waals surface area contributed by atoms with Crippen LogP contribution >= 0.6 is 0 Å². The first-order chi connectivity index (χ1) is 40.5. The zero-order valence-corrected chi connectivity index (χ0v) is 56.0. The van der Waals surface area contributed by atoms with E-state index in [9.17, 15) is 19.8 Å². The van der Waals surface area contributed by atoms with Crippen LogP contribution in [-0.4, -0.2) is 47.4 Å². The van der Waals surface area contributed by atoms with Crippen LogP contribution in [0.1, 0.15) is 438 Å². The molecule has 82 heavy (non-hydrogen) atoms. The summed E-state index contributed by atoms with van der Waals surface area (Å²) < 4.78 is 5.51. The highest BCUT2D eigenvalue weighted by Crippen LogP contribution is 2.20. The molecule has 1 amide bonds. The quantitative estimate of drug-likeness (QED) is 0.0320. The van der Waals surface area contributed by atoms with Gasteiger partial charge in [-0.2, -0.15) is 0 Å². The van der Waals surface area contributed by atoms with Crippen LogP contribution in [0.25, 0.3) is 0 Å². The number of aliphatic hydroxyl groups excluding tert-OH is 2. The number of carbonyl (C=O) groups excluding carboxylic acids is 2. The Morgan fingerprint density at radius 2 is 0.573 bits per heavy atom. The van der Waals surface area contributed by atoms with Gasteiger partial charge in [0.25, 0.3) is 0 Å². The normalized spacial score (nSPS) is 12.5. The maximum Gasteiger partial charge on any atom is 0.305 e. The summed E-state index contributed by atoms with van der Waals surface area (Å²) in [5.41, 5.74) is 0. The van der Waals surface area contributed by atoms with E-state index in [0.717, 1.165) is 38.5 Å². The van der Waals surface area contributed by atoms with Crippen molar-refractivity contribution in [2.75, 3.05) is 13.2 Å². The minimum atomic E-state index is -0.666. The molecule has 488 valence electrons. The summed E-state index contributed by atoms with van der Waals surface area (Å²) in [4.78, 5) is 24.7. The fourth-order valence-corrected chi connectivity index (χ4v) is 12.3. The van der Waals surface area contributed by atoms with Gasteiger partial charge in [0, 0.05) is 12.8 Å². The lowest BCUT2D eigenvalue weighted by Crippen LogP contribution is -2.45. The SMILES string of the molecule is CCCCCCCCCCCCCCCCCCCCCCCC(O)C(CO)NC(=O)CCCCCCCCCCCC/C=C\CCCCCCCCCCCCCCOC(=O)CCCCCCCCCCCCCCCCCCCC. The highest BCUT2D eigenvalue weighted by atomic mass is 16.5. The molecule has 0 saturated heterocycles. The molecule has 0 spiro atoms. The monoisotopic (exact) mass is 1160 g/mol. The lowest BCUT2D eigenvalue weighted by atomic mass is 10.0. The second kappa shape index (κ2) is 72.1. The zero-order chi connectivity index (χ0) is 59.2. The molecule has 2 atom stereocenters. The van der Waals surface area contributed by atoms with E-state index in [2.05, 4.69) is 31.3 Å². The van der Waals surface area contributed by atoms with Crippen molar-refractivity contribution < 1.29 is 24.5 Å². The van der Waals surface area contributed by atoms with Gasteiger partial charge in [0.1, 0.15) is 0 Å². The Kier molecular flexibility index (Phi) is 70.8. The van der Waals surface area contributed by atoms with Crippen molar-refractivity contribution in [3.05, 3.63) is 12.2 Å². The lowest BCUT2D eigenvalue weighted by Gasteiger charge is -2.22. The van der Waals surface area contributed by atoms with Gasteiger partial charge in [-0.25, -0.2) is 0 Å². The largest absolute Gasteiger partial charge is 0.466 e. The number of ether oxygens (including phenoxy) is 1. The zero-order valence-electron chi connectivity index (χ0n) is 56.0. The van der Waals surface area contributed by atoms with Crippen molar-refractivity contribution in [3.8, 4) is 0 Å². The summed E-state index contributed by atoms with van der Waals surface area (Å²) in [5, 5.41) is 23.4. The molecule has 0 saturated carbocycles. The Balaban J connectivity index is 3.37. The topological polar surface area (TPSA) is 95.9 Å². The summed E-state index contributed by atoms with van der Waals surface area (Å²) in [6.07, 6.45) is 89.9. The molecule has 0 aromatic heterocycles. The third kappa shape index (κ3) is 67.7. The molecule has 6 nitrogen and oxygen atoms in total. The van der Waals surface area contributed by atoms with Gasteiger partial charge in [0.15, 0.2) is 0 Å². The molecule has 3 N–H and O–H groups in total. The molecule has 0 radical (unpaired) electrons. The van der Waals surface area contributed by atoms with E-state index in [4.69, 9.17) is 4.74 Å². The summed E-state index contributed by atoms with van der Waals surface area (Å²) in [7, 11) is 0. The Labute approximate surface area is 514 Å². The van der Waals surface area contributed by atoms with E-state index in [1.54, 1.807) is 0 Å². The van der Waals surface area contributed by atoms with E-state index in [0.29, 0.717) is 25.9 Å². The highest BCUT2D eigenvalue weighted by Gasteiger charge is 2.20. The van der Waals surface area contributed by atoms with Crippen molar-refractivity contribution in [2.45, 2.75) is 450 Å². The highest BCUT2D eigenvalue weighted by molar-refractivity contribution is 5.76. The molecule has 0 aliphatic heterocycles. The molecule has 0 aliphatic carbocycles. The number of carbonyl (C=O) groups is 2. The van der Waals surface area contributed by atoms with Crippen LogP contribution < -0.4 is 5.32 Å². The number of hydrogen-bond acceptors (Lipinski definition) is 5. The number of rotatable bonds is 72. The second-order valence-electron chi connectivity index (χ2n) is 26.3. The maximum atomic E-state index is 12.6. The van der Waals surface area contributed by atoms with Crippen LogP contribution in [0.4, 0.5) is 0 Å². The van der Waals surface area contributed by atoms with E-state index in [1.807, 2.05) is 0 Å². The molecular weight excluding hydrogens is 1010 g/mol. The van der Waals surface area contributed by atoms with Crippen molar-refractivity contribution in [1.82, 2.24) is 5.32 Å². The smallest absolute Gasteiger partial charge is 0.305 e. The van der Waals surface area contributed by atoms with E-state index < -0.39 is 12.1 Å². The predicted molar refractivity (Wildman–Crippen MR) is 361 cm³/mol. The van der Waals surface area contributed by atoms with Crippen LogP contribution in [0.5, 0.6) is 0 Å². The van der Waals surface area contributed by atoms with Crippen LogP contribution in [0.3, 0.4) is 0 Å². The van der Waals surface area contributed by atoms with Crippen molar-refractivity contribution in [2.24, 2.45) is 0 Å². The van der Waals surface area contributed by atoms with Gasteiger partial charge in [0.05, 0.1) is 25.4 Å². The Bertz CT molecular complexity index is 1240. The Hall–Kier alpha value is -1.40. The standard InChI is InChI=1S/C76H149NO5/c1-3-5-7-9-11-13-15-17-19-21-23-30-33-36-40-44-48-52-56-60-64-68-74(79)73(72-78)77-75(80)69-65-61-57-53-49-45-41-37-34-31-28-26-24-25-27-29-32-35-39-43-47-51-55-59-63-67-71-82-76(81)70-66-62-58-54-50-46-42-38-22-20-18-16-14-12-10-8-6-4-2/h24,26,73-74,78-79H,3-23,25,27-72H2,1-2H3,(H,77,80)/b26-24-. The first-order valence-corrected chi connectivity index (χ1v) is 37.9. The molecule has 0 fully saturated rings. The fourth-order valence-electron chi connectivity index (χ4n) is 12.3. The van der Waals surface area contributed by atoms with Crippen LogP contribution in [0.2, 0.25) is 0 Å². The van der Waals surface area contributed by atoms with Gasteiger partial charge < -0.3 is 20.3 Å². The number of aliphatic hydroxyl groups is 2. The minimum Gasteiger partial charge on any atom is -0.466 e. The lowest BCUT2D eigenvalue weighted by molar-refractivity contribution is -0.143. The molecule has 0 rings (SSSR count). The van der Waals surface area contributed by atoms with Crippen LogP contribution in [0, 0.1) is 0 Å². The number of esters is 1. The molecule has 0 aromatic carbocycles. The van der Waals surface area contributed by atoms with Gasteiger partial charge in [-0.15, -0.1) is 0 Å². The van der Waals surface area contributed by atoms with Gasteiger partial charge in [-0.3, -0.25) is 9.59 Å². The molecule has 0 aliphatic rings. The van der Waals surface area contributed by atoms with Gasteiger partial charge >= 0.3 is 5.97 Å². The van der Waals surface area contributed by atoms with Crippen LogP contribution in [-0.2, 0) is 14.3 Å². The first-order valence-electron chi connectivity index (χ1n) is 37.9. The summed E-state index contributed by atoms with van der Waals surface area (Å²) in [5.74, 6) is -0.0114. The first kappa shape index (κ1) is 80.6. The van der Waals surface area contributed by atoms with E-state index in [1.165, 1.54) is 366 Å². The van der Waals surface area contributed by atoms with Crippen molar-refractivity contribution >= 4 is 11.9 Å². The maximum absolute atomic E-state index is 12.6. The number of unbranched alkanes of at least 4 members (excludes halogenated alkanes) is 59. The molecule has 0 aromatic rings. The average molecular weight is 1160 g/mol. The summed E-state index contributed by atoms with van der Waals surface area (Å²) in [6.45, 7) is 5.01. The van der Waals surface area contributed by atoms with Gasteiger partial charge in [0.2, 0.25) is 5.91 Å². The average Bonchev–Trinajstić information content (AvgIpc) is 3.48. The summed E-state index contributed by atoms with van der Waals surface area (Å²) in [6, 6.07) is -0.543. The number of amides is 1. The Morgan fingerprint density at radius 3 is 0.866 bits per heavy atom. The second-order valence-corrected chi connectivity index (χ2v) is 26.3. The van der Waals surface area contributed by atoms with E-state index in [-0.39, 0.29) is 18.5 Å². The summed E-state index contributed by atoms with van der Waals surface area (Å²) >= 11 is 0. The molecule has 6 heteroatoms. The minimum absolute atomic E-state index is 0.0201. The number of hydrogen-bond donors (Lipinski definition) is 3. The van der Waals surface area contributed by atoms with Gasteiger partial charge in [-0.1, -0.05) is 386 Å². The Morgan fingerprint density at radius 1 is 0.329 bits per heavy atom. The van der Waals surface area contributed by atoms with Gasteiger partial charge in [-0.05, 0) is 51.4 Å². The third-order valence-electron chi connectivity index (χ3n) is 18.1. The molecule has 0 heterocycles. The fraction of sp³-hybridized carbons (Fsp3) is 0.947. The van der Waals surface area contributed by atoms with Crippen LogP contribution in [0.15, 0.2) is 12.2 Å². The third-order valence-corrected chi connectivity index (χ3v) is 18.1. The predicted octanol–water partition coefficient (Wildman–Crippen LogP) is 24.7. The number of allylic oxidation sites excluding steroid dienone is 2. The van der Waals surface area contributed by atoms with E-state index >= 15 is 0 Å². The molecular formula is C76H149NO5. The molecule has 0 bridgehead atoms. The number of nitrogens with one attached hydrogen (secondary N) is 1. The van der Waals surface area contributed by atoms with Crippen molar-refractivity contribution in [3.63, 3.8) is 0 Å².